The number of benzene rings is 2. The predicted molar refractivity (Wildman–Crippen MR) is 154 cm³/mol. The van der Waals surface area contributed by atoms with Crippen molar-refractivity contribution in [3.8, 4) is 40.2 Å². The van der Waals surface area contributed by atoms with Gasteiger partial charge in [-0.05, 0) is 31.0 Å². The summed E-state index contributed by atoms with van der Waals surface area (Å²) in [7, 11) is 1.61. The second kappa shape index (κ2) is 10.5. The first-order chi connectivity index (χ1) is 20.2. The standard InChI is InChI=1S/C31H28N8O2/c1-40-29-10-9-28-36-30(31(39(28)37-29)20-5-3-2-4-6-20)21-7-8-23-24(19-41-25(23)17-21)34-22-12-15-38(16-13-22)27-11-14-33-26(18-32)35-27/h2-11,14,17,22,24,34H,12-13,15-16,19H2,1H3/t24-/m0/s1. The molecule has 0 bridgehead atoms. The van der Waals surface area contributed by atoms with E-state index in [0.29, 0.717) is 18.5 Å². The van der Waals surface area contributed by atoms with Crippen molar-refractivity contribution in [3.05, 3.63) is 84.3 Å². The van der Waals surface area contributed by atoms with Crippen molar-refractivity contribution in [2.24, 2.45) is 0 Å². The minimum Gasteiger partial charge on any atom is -0.491 e. The van der Waals surface area contributed by atoms with E-state index in [9.17, 15) is 0 Å². The highest BCUT2D eigenvalue weighted by Crippen LogP contribution is 2.39. The Balaban J connectivity index is 1.11. The first kappa shape index (κ1) is 25.0. The van der Waals surface area contributed by atoms with Crippen LogP contribution in [-0.4, -0.2) is 57.4 Å². The summed E-state index contributed by atoms with van der Waals surface area (Å²) in [5.41, 5.74) is 5.66. The smallest absolute Gasteiger partial charge is 0.234 e. The number of ether oxygens (including phenoxy) is 2. The molecule has 7 rings (SSSR count). The number of hydrogen-bond acceptors (Lipinski definition) is 9. The summed E-state index contributed by atoms with van der Waals surface area (Å²) in [5, 5.41) is 17.6. The molecular weight excluding hydrogens is 516 g/mol. The molecule has 0 aliphatic carbocycles. The van der Waals surface area contributed by atoms with Crippen LogP contribution in [0.4, 0.5) is 5.82 Å². The molecule has 10 nitrogen and oxygen atoms in total. The highest BCUT2D eigenvalue weighted by molar-refractivity contribution is 5.82. The molecule has 0 saturated carbocycles. The van der Waals surface area contributed by atoms with Gasteiger partial charge < -0.3 is 19.7 Å². The molecule has 204 valence electrons. The van der Waals surface area contributed by atoms with Crippen LogP contribution < -0.4 is 19.7 Å². The van der Waals surface area contributed by atoms with Crippen LogP contribution in [0.2, 0.25) is 0 Å². The highest BCUT2D eigenvalue weighted by Gasteiger charge is 2.29. The fourth-order valence-electron chi connectivity index (χ4n) is 5.72. The van der Waals surface area contributed by atoms with E-state index in [1.807, 2.05) is 47.0 Å². The van der Waals surface area contributed by atoms with Crippen LogP contribution in [0.15, 0.2) is 72.9 Å². The summed E-state index contributed by atoms with van der Waals surface area (Å²) in [5.74, 6) is 2.42. The number of fused-ring (bicyclic) bond motifs is 2. The number of nitrogens with one attached hydrogen (secondary N) is 1. The summed E-state index contributed by atoms with van der Waals surface area (Å²) in [6.45, 7) is 2.33. The van der Waals surface area contributed by atoms with Crippen molar-refractivity contribution < 1.29 is 9.47 Å². The Morgan fingerprint density at radius 1 is 1.00 bits per heavy atom. The highest BCUT2D eigenvalue weighted by atomic mass is 16.5. The maximum Gasteiger partial charge on any atom is 0.234 e. The first-order valence-corrected chi connectivity index (χ1v) is 13.7. The molecule has 5 aromatic rings. The molecule has 3 aromatic heterocycles. The van der Waals surface area contributed by atoms with Gasteiger partial charge in [-0.2, -0.15) is 5.26 Å². The van der Waals surface area contributed by atoms with Gasteiger partial charge in [0, 0.05) is 48.1 Å². The Morgan fingerprint density at radius 2 is 1.85 bits per heavy atom. The summed E-state index contributed by atoms with van der Waals surface area (Å²) in [6.07, 6.45) is 3.61. The van der Waals surface area contributed by atoms with E-state index in [2.05, 4.69) is 55.6 Å². The Morgan fingerprint density at radius 3 is 2.66 bits per heavy atom. The zero-order valence-electron chi connectivity index (χ0n) is 22.6. The summed E-state index contributed by atoms with van der Waals surface area (Å²) < 4.78 is 13.4. The van der Waals surface area contributed by atoms with Crippen LogP contribution in [0.1, 0.15) is 30.3 Å². The van der Waals surface area contributed by atoms with Crippen LogP contribution in [0.5, 0.6) is 11.6 Å². The molecule has 2 aliphatic rings. The number of rotatable bonds is 6. The molecule has 5 heterocycles. The molecule has 0 amide bonds. The monoisotopic (exact) mass is 544 g/mol. The zero-order valence-corrected chi connectivity index (χ0v) is 22.6. The summed E-state index contributed by atoms with van der Waals surface area (Å²) in [4.78, 5) is 15.5. The van der Waals surface area contributed by atoms with E-state index in [4.69, 9.17) is 19.7 Å². The minimum atomic E-state index is 0.125. The lowest BCUT2D eigenvalue weighted by atomic mass is 9.99. The van der Waals surface area contributed by atoms with Crippen molar-refractivity contribution >= 4 is 11.5 Å². The zero-order chi connectivity index (χ0) is 27.8. The van der Waals surface area contributed by atoms with Gasteiger partial charge in [-0.25, -0.2) is 19.5 Å². The van der Waals surface area contributed by atoms with Gasteiger partial charge in [0.25, 0.3) is 0 Å². The van der Waals surface area contributed by atoms with Gasteiger partial charge >= 0.3 is 0 Å². The van der Waals surface area contributed by atoms with Crippen LogP contribution in [0.3, 0.4) is 0 Å². The van der Waals surface area contributed by atoms with Crippen molar-refractivity contribution in [2.45, 2.75) is 24.9 Å². The molecule has 1 atom stereocenters. The second-order valence-corrected chi connectivity index (χ2v) is 10.2. The molecule has 1 saturated heterocycles. The molecule has 1 N–H and O–H groups in total. The SMILES string of the molecule is COc1ccc2nc(-c3ccc4c(c3)OC[C@@H]4NC3CCN(c4ccnc(C#N)n4)CC3)c(-c3ccccc3)n2n1. The third-order valence-electron chi connectivity index (χ3n) is 7.77. The van der Waals surface area contributed by atoms with Crippen LogP contribution in [0.25, 0.3) is 28.2 Å². The Kier molecular flexibility index (Phi) is 6.41. The van der Waals surface area contributed by atoms with Gasteiger partial charge in [-0.1, -0.05) is 42.5 Å². The molecular formula is C31H28N8O2. The van der Waals surface area contributed by atoms with Gasteiger partial charge in [-0.15, -0.1) is 5.10 Å². The molecule has 10 heteroatoms. The maximum atomic E-state index is 9.11. The van der Waals surface area contributed by atoms with Crippen LogP contribution in [-0.2, 0) is 0 Å². The van der Waals surface area contributed by atoms with Gasteiger partial charge in [0.05, 0.1) is 18.8 Å². The lowest BCUT2D eigenvalue weighted by molar-refractivity contribution is 0.284. The predicted octanol–water partition coefficient (Wildman–Crippen LogP) is 4.43. The average Bonchev–Trinajstić information content (AvgIpc) is 3.62. The molecule has 2 aromatic carbocycles. The van der Waals surface area contributed by atoms with E-state index < -0.39 is 0 Å². The molecule has 0 spiro atoms. The van der Waals surface area contributed by atoms with Crippen LogP contribution >= 0.6 is 0 Å². The topological polar surface area (TPSA) is 113 Å². The minimum absolute atomic E-state index is 0.125. The molecule has 0 unspecified atom stereocenters. The van der Waals surface area contributed by atoms with Gasteiger partial charge in [0.1, 0.15) is 29.9 Å². The number of nitrogens with zero attached hydrogens (tertiary/aromatic N) is 7. The Bertz CT molecular complexity index is 1760. The van der Waals surface area contributed by atoms with Crippen molar-refractivity contribution in [3.63, 3.8) is 0 Å². The second-order valence-electron chi connectivity index (χ2n) is 10.2. The van der Waals surface area contributed by atoms with Gasteiger partial charge in [0.2, 0.25) is 11.7 Å². The van der Waals surface area contributed by atoms with Gasteiger partial charge in [-0.3, -0.25) is 0 Å². The molecule has 41 heavy (non-hydrogen) atoms. The molecule has 0 radical (unpaired) electrons. The average molecular weight is 545 g/mol. The van der Waals surface area contributed by atoms with E-state index in [-0.39, 0.29) is 11.9 Å². The number of piperidine rings is 1. The van der Waals surface area contributed by atoms with E-state index in [0.717, 1.165) is 71.2 Å². The van der Waals surface area contributed by atoms with Crippen molar-refractivity contribution in [2.75, 3.05) is 31.7 Å². The molecule has 1 fully saturated rings. The number of aromatic nitrogens is 5. The molecule has 2 aliphatic heterocycles. The number of nitriles is 1. The third-order valence-corrected chi connectivity index (χ3v) is 7.77. The fraction of sp³-hybridized carbons (Fsp3) is 0.258. The number of hydrogen-bond donors (Lipinski definition) is 1. The first-order valence-electron chi connectivity index (χ1n) is 13.7. The fourth-order valence-corrected chi connectivity index (χ4v) is 5.72. The maximum absolute atomic E-state index is 9.11. The van der Waals surface area contributed by atoms with Gasteiger partial charge in [0.15, 0.2) is 5.65 Å². The summed E-state index contributed by atoms with van der Waals surface area (Å²) >= 11 is 0. The Hall–Kier alpha value is -5.01. The lowest BCUT2D eigenvalue weighted by Crippen LogP contribution is -2.44. The van der Waals surface area contributed by atoms with E-state index >= 15 is 0 Å². The largest absolute Gasteiger partial charge is 0.491 e. The van der Waals surface area contributed by atoms with Crippen LogP contribution in [0, 0.1) is 11.3 Å². The normalized spacial score (nSPS) is 16.8. The van der Waals surface area contributed by atoms with E-state index in [1.165, 1.54) is 0 Å². The third kappa shape index (κ3) is 4.70. The van der Waals surface area contributed by atoms with E-state index in [1.54, 1.807) is 13.3 Å². The Labute approximate surface area is 237 Å². The number of anilines is 1. The van der Waals surface area contributed by atoms with Crippen molar-refractivity contribution in [1.29, 1.82) is 5.26 Å². The lowest BCUT2D eigenvalue weighted by Gasteiger charge is -2.34. The number of imidazole rings is 1. The number of methoxy groups -OCH3 is 1. The van der Waals surface area contributed by atoms with Crippen molar-refractivity contribution in [1.82, 2.24) is 29.9 Å². The quantitative estimate of drug-likeness (QED) is 0.332. The summed E-state index contributed by atoms with van der Waals surface area (Å²) in [6, 6.07) is 24.7.